The van der Waals surface area contributed by atoms with Crippen LogP contribution in [0.2, 0.25) is 0 Å². The van der Waals surface area contributed by atoms with Gasteiger partial charge in [-0.15, -0.1) is 0 Å². The highest BCUT2D eigenvalue weighted by Crippen LogP contribution is 2.42. The zero-order valence-corrected chi connectivity index (χ0v) is 13.0. The van der Waals surface area contributed by atoms with Crippen LogP contribution in [0.1, 0.15) is 28.7 Å². The van der Waals surface area contributed by atoms with E-state index in [0.29, 0.717) is 12.0 Å². The number of piperazine rings is 1. The quantitative estimate of drug-likeness (QED) is 0.891. The second kappa shape index (κ2) is 5.75. The van der Waals surface area contributed by atoms with E-state index in [0.717, 1.165) is 26.2 Å². The Hall–Kier alpha value is -1.84. The fourth-order valence-electron chi connectivity index (χ4n) is 4.03. The lowest BCUT2D eigenvalue weighted by Crippen LogP contribution is -2.50. The minimum absolute atomic E-state index is 0.471. The highest BCUT2D eigenvalue weighted by atomic mass is 15.2. The van der Waals surface area contributed by atoms with Crippen molar-refractivity contribution in [1.29, 1.82) is 0 Å². The van der Waals surface area contributed by atoms with Crippen LogP contribution in [0.5, 0.6) is 0 Å². The number of benzene rings is 2. The predicted molar refractivity (Wildman–Crippen MR) is 91.5 cm³/mol. The van der Waals surface area contributed by atoms with Gasteiger partial charge in [-0.1, -0.05) is 42.5 Å². The summed E-state index contributed by atoms with van der Waals surface area (Å²) in [4.78, 5) is 2.65. The fourth-order valence-corrected chi connectivity index (χ4v) is 4.03. The Labute approximate surface area is 132 Å². The van der Waals surface area contributed by atoms with Crippen molar-refractivity contribution < 1.29 is 0 Å². The molecule has 0 aromatic heterocycles. The molecule has 114 valence electrons. The molecule has 2 atom stereocenters. The first-order valence-electron chi connectivity index (χ1n) is 8.18. The lowest BCUT2D eigenvalue weighted by Gasteiger charge is -2.45. The van der Waals surface area contributed by atoms with Crippen LogP contribution < -0.4 is 10.6 Å². The Kier molecular flexibility index (Phi) is 3.60. The molecule has 0 radical (unpaired) electrons. The zero-order valence-electron chi connectivity index (χ0n) is 13.0. The molecular formula is C19H23N3. The van der Waals surface area contributed by atoms with Crippen LogP contribution in [-0.2, 0) is 0 Å². The van der Waals surface area contributed by atoms with Crippen LogP contribution in [0.3, 0.4) is 0 Å². The topological polar surface area (TPSA) is 27.3 Å². The predicted octanol–water partition coefficient (Wildman–Crippen LogP) is 2.82. The number of hydrogen-bond donors (Lipinski definition) is 2. The molecule has 3 heteroatoms. The Morgan fingerprint density at radius 1 is 1.09 bits per heavy atom. The smallest absolute Gasteiger partial charge is 0.0496 e. The molecular weight excluding hydrogens is 270 g/mol. The summed E-state index contributed by atoms with van der Waals surface area (Å²) in [5.74, 6) is 0.471. The standard InChI is InChI=1S/C19H23N3/c1-20-17-9-5-8-15-16(14-6-3-2-4-7-14)13-22-11-10-21-12-18(22)19(15)17/h2-9,16,18,20-21H,10-13H2,1H3/t16-,18-/m1/s1. The molecule has 2 aliphatic rings. The molecule has 4 rings (SSSR count). The minimum Gasteiger partial charge on any atom is -0.388 e. The number of hydrogen-bond acceptors (Lipinski definition) is 3. The van der Waals surface area contributed by atoms with Gasteiger partial charge >= 0.3 is 0 Å². The first-order chi connectivity index (χ1) is 10.9. The van der Waals surface area contributed by atoms with Crippen LogP contribution in [0.25, 0.3) is 0 Å². The maximum absolute atomic E-state index is 3.56. The first-order valence-corrected chi connectivity index (χ1v) is 8.18. The molecule has 0 aliphatic carbocycles. The molecule has 0 saturated carbocycles. The number of nitrogens with zero attached hydrogens (tertiary/aromatic N) is 1. The van der Waals surface area contributed by atoms with Gasteiger partial charge in [-0.05, 0) is 22.8 Å². The number of rotatable bonds is 2. The highest BCUT2D eigenvalue weighted by molar-refractivity contribution is 5.59. The van der Waals surface area contributed by atoms with E-state index in [1.807, 2.05) is 7.05 Å². The molecule has 2 aromatic rings. The van der Waals surface area contributed by atoms with E-state index in [-0.39, 0.29) is 0 Å². The monoisotopic (exact) mass is 293 g/mol. The Morgan fingerprint density at radius 2 is 1.95 bits per heavy atom. The molecule has 1 fully saturated rings. The molecule has 2 heterocycles. The van der Waals surface area contributed by atoms with Crippen LogP contribution in [-0.4, -0.2) is 38.1 Å². The van der Waals surface area contributed by atoms with Crippen molar-refractivity contribution in [3.8, 4) is 0 Å². The molecule has 0 spiro atoms. The maximum Gasteiger partial charge on any atom is 0.0496 e. The lowest BCUT2D eigenvalue weighted by molar-refractivity contribution is 0.144. The molecule has 0 bridgehead atoms. The van der Waals surface area contributed by atoms with Gasteiger partial charge in [0, 0.05) is 50.9 Å². The highest BCUT2D eigenvalue weighted by Gasteiger charge is 2.36. The van der Waals surface area contributed by atoms with Gasteiger partial charge in [0.15, 0.2) is 0 Å². The van der Waals surface area contributed by atoms with Crippen molar-refractivity contribution >= 4 is 5.69 Å². The molecule has 3 nitrogen and oxygen atoms in total. The van der Waals surface area contributed by atoms with Gasteiger partial charge in [0.25, 0.3) is 0 Å². The van der Waals surface area contributed by atoms with Gasteiger partial charge < -0.3 is 10.6 Å². The summed E-state index contributed by atoms with van der Waals surface area (Å²) < 4.78 is 0. The molecule has 0 amide bonds. The third-order valence-corrected chi connectivity index (χ3v) is 5.09. The first kappa shape index (κ1) is 13.8. The van der Waals surface area contributed by atoms with Crippen molar-refractivity contribution in [2.45, 2.75) is 12.0 Å². The molecule has 2 aliphatic heterocycles. The van der Waals surface area contributed by atoms with Gasteiger partial charge in [0.05, 0.1) is 0 Å². The van der Waals surface area contributed by atoms with E-state index in [9.17, 15) is 0 Å². The van der Waals surface area contributed by atoms with Crippen molar-refractivity contribution in [2.24, 2.45) is 0 Å². The molecule has 2 aromatic carbocycles. The summed E-state index contributed by atoms with van der Waals surface area (Å²) in [5, 5.41) is 6.97. The van der Waals surface area contributed by atoms with Crippen molar-refractivity contribution in [3.63, 3.8) is 0 Å². The average Bonchev–Trinajstić information content (AvgIpc) is 2.61. The number of fused-ring (bicyclic) bond motifs is 3. The second-order valence-corrected chi connectivity index (χ2v) is 6.24. The van der Waals surface area contributed by atoms with Gasteiger partial charge in [-0.2, -0.15) is 0 Å². The lowest BCUT2D eigenvalue weighted by atomic mass is 9.80. The zero-order chi connectivity index (χ0) is 14.9. The van der Waals surface area contributed by atoms with Crippen molar-refractivity contribution in [2.75, 3.05) is 38.5 Å². The van der Waals surface area contributed by atoms with Crippen LogP contribution in [0, 0.1) is 0 Å². The summed E-state index contributed by atoms with van der Waals surface area (Å²) in [6.45, 7) is 4.39. The van der Waals surface area contributed by atoms with Crippen LogP contribution >= 0.6 is 0 Å². The van der Waals surface area contributed by atoms with Gasteiger partial charge in [-0.25, -0.2) is 0 Å². The van der Waals surface area contributed by atoms with Crippen LogP contribution in [0.4, 0.5) is 5.69 Å². The third-order valence-electron chi connectivity index (χ3n) is 5.09. The third kappa shape index (κ3) is 2.21. The van der Waals surface area contributed by atoms with E-state index in [1.165, 1.54) is 22.4 Å². The summed E-state index contributed by atoms with van der Waals surface area (Å²) >= 11 is 0. The summed E-state index contributed by atoms with van der Waals surface area (Å²) in [7, 11) is 2.03. The minimum atomic E-state index is 0.471. The van der Waals surface area contributed by atoms with Gasteiger partial charge in [-0.3, -0.25) is 4.90 Å². The Morgan fingerprint density at radius 3 is 2.77 bits per heavy atom. The molecule has 22 heavy (non-hydrogen) atoms. The second-order valence-electron chi connectivity index (χ2n) is 6.24. The Balaban J connectivity index is 1.86. The van der Waals surface area contributed by atoms with Crippen LogP contribution in [0.15, 0.2) is 48.5 Å². The van der Waals surface area contributed by atoms with E-state index in [4.69, 9.17) is 0 Å². The SMILES string of the molecule is CNc1cccc2c1[C@H]1CNCCN1C[C@@H]2c1ccccc1. The summed E-state index contributed by atoms with van der Waals surface area (Å²) in [5.41, 5.74) is 5.67. The molecule has 1 saturated heterocycles. The van der Waals surface area contributed by atoms with E-state index in [2.05, 4.69) is 64.1 Å². The van der Waals surface area contributed by atoms with E-state index < -0.39 is 0 Å². The van der Waals surface area contributed by atoms with E-state index in [1.54, 1.807) is 0 Å². The summed E-state index contributed by atoms with van der Waals surface area (Å²) in [6, 6.07) is 18.1. The van der Waals surface area contributed by atoms with Crippen molar-refractivity contribution in [1.82, 2.24) is 10.2 Å². The number of nitrogens with one attached hydrogen (secondary N) is 2. The number of anilines is 1. The largest absolute Gasteiger partial charge is 0.388 e. The van der Waals surface area contributed by atoms with Crippen molar-refractivity contribution in [3.05, 3.63) is 65.2 Å². The Bertz CT molecular complexity index is 653. The summed E-state index contributed by atoms with van der Waals surface area (Å²) in [6.07, 6.45) is 0. The average molecular weight is 293 g/mol. The fraction of sp³-hybridized carbons (Fsp3) is 0.368. The normalized spacial score (nSPS) is 24.4. The van der Waals surface area contributed by atoms with Gasteiger partial charge in [0.1, 0.15) is 0 Å². The van der Waals surface area contributed by atoms with Gasteiger partial charge in [0.2, 0.25) is 0 Å². The maximum atomic E-state index is 3.56. The van der Waals surface area contributed by atoms with E-state index >= 15 is 0 Å². The molecule has 0 unspecified atom stereocenters. The molecule has 2 N–H and O–H groups in total.